The second-order valence-electron chi connectivity index (χ2n) is 12.2. The second-order valence-corrected chi connectivity index (χ2v) is 14.0. The molecule has 10 nitrogen and oxygen atoms in total. The molecule has 13 heteroatoms. The fourth-order valence-electron chi connectivity index (χ4n) is 7.01. The van der Waals surface area contributed by atoms with Crippen LogP contribution in [0.2, 0.25) is 0 Å². The van der Waals surface area contributed by atoms with E-state index < -0.39 is 39.6 Å². The van der Waals surface area contributed by atoms with E-state index in [9.17, 15) is 22.7 Å². The lowest BCUT2D eigenvalue weighted by Crippen LogP contribution is -2.51. The average molecular weight is 660 g/mol. The Kier molecular flexibility index (Phi) is 7.66. The number of pyridine rings is 1. The van der Waals surface area contributed by atoms with E-state index in [-0.39, 0.29) is 50.7 Å². The van der Waals surface area contributed by atoms with Gasteiger partial charge >= 0.3 is 5.97 Å². The van der Waals surface area contributed by atoms with Crippen molar-refractivity contribution in [2.75, 3.05) is 12.4 Å². The Morgan fingerprint density at radius 2 is 1.68 bits per heavy atom. The van der Waals surface area contributed by atoms with Crippen molar-refractivity contribution in [3.63, 3.8) is 0 Å². The molecule has 3 aliphatic carbocycles. The molecular weight excluding hydrogens is 628 g/mol. The molecule has 2 aromatic carbocycles. The first-order valence-electron chi connectivity index (χ1n) is 15.3. The van der Waals surface area contributed by atoms with Crippen LogP contribution in [0.1, 0.15) is 31.2 Å². The van der Waals surface area contributed by atoms with Crippen molar-refractivity contribution < 1.29 is 31.8 Å². The first-order valence-corrected chi connectivity index (χ1v) is 16.7. The maximum Gasteiger partial charge on any atom is 0.308 e. The van der Waals surface area contributed by atoms with E-state index >= 15 is 4.39 Å². The summed E-state index contributed by atoms with van der Waals surface area (Å²) in [7, 11) is -2.70. The number of ether oxygens (including phenoxy) is 1. The number of carbonyl (C=O) groups is 1. The number of carboxylic acid groups (broad SMARTS) is 1. The van der Waals surface area contributed by atoms with Gasteiger partial charge in [0.05, 0.1) is 24.1 Å². The van der Waals surface area contributed by atoms with Gasteiger partial charge in [0.1, 0.15) is 17.3 Å². The van der Waals surface area contributed by atoms with E-state index in [0.717, 1.165) is 47.5 Å². The zero-order valence-corrected chi connectivity index (χ0v) is 26.3. The van der Waals surface area contributed by atoms with Crippen molar-refractivity contribution >= 4 is 32.8 Å². The number of anilines is 1. The molecule has 0 saturated heterocycles. The van der Waals surface area contributed by atoms with Gasteiger partial charge in [-0.3, -0.25) is 4.79 Å². The lowest BCUT2D eigenvalue weighted by atomic mass is 9.61. The van der Waals surface area contributed by atoms with Gasteiger partial charge < -0.3 is 15.2 Å². The largest absolute Gasteiger partial charge is 0.497 e. The van der Waals surface area contributed by atoms with Gasteiger partial charge in [0.25, 0.3) is 10.0 Å². The summed E-state index contributed by atoms with van der Waals surface area (Å²) in [6, 6.07) is 13.3. The van der Waals surface area contributed by atoms with Crippen molar-refractivity contribution in [2.45, 2.75) is 43.5 Å². The van der Waals surface area contributed by atoms with Gasteiger partial charge in [-0.05, 0) is 86.9 Å². The van der Waals surface area contributed by atoms with Crippen LogP contribution in [-0.4, -0.2) is 51.6 Å². The lowest BCUT2D eigenvalue weighted by Gasteiger charge is -2.47. The van der Waals surface area contributed by atoms with Crippen LogP contribution >= 0.6 is 0 Å². The highest BCUT2D eigenvalue weighted by molar-refractivity contribution is 7.90. The first kappa shape index (κ1) is 30.7. The minimum Gasteiger partial charge on any atom is -0.497 e. The summed E-state index contributed by atoms with van der Waals surface area (Å²) >= 11 is 0. The van der Waals surface area contributed by atoms with Gasteiger partial charge in [-0.1, -0.05) is 17.7 Å². The summed E-state index contributed by atoms with van der Waals surface area (Å²) in [5.41, 5.74) is 1.16. The number of hydrogen-bond acceptors (Lipinski definition) is 8. The predicted molar refractivity (Wildman–Crippen MR) is 170 cm³/mol. The Morgan fingerprint density at radius 3 is 2.34 bits per heavy atom. The Balaban J connectivity index is 1.43. The van der Waals surface area contributed by atoms with Crippen LogP contribution in [0.5, 0.6) is 5.75 Å². The van der Waals surface area contributed by atoms with Crippen molar-refractivity contribution in [1.82, 2.24) is 18.9 Å². The Hall–Kier alpha value is -4.91. The molecule has 3 heterocycles. The number of halogens is 2. The molecule has 2 atom stereocenters. The third-order valence-corrected chi connectivity index (χ3v) is 11.1. The van der Waals surface area contributed by atoms with Gasteiger partial charge in [0.15, 0.2) is 23.1 Å². The number of methoxy groups -OCH3 is 1. The molecule has 3 fully saturated rings. The molecule has 2 bridgehead atoms. The fraction of sp³-hybridized carbons (Fsp3) is 0.294. The van der Waals surface area contributed by atoms with Crippen LogP contribution in [0, 0.1) is 36.3 Å². The molecule has 3 aromatic heterocycles. The summed E-state index contributed by atoms with van der Waals surface area (Å²) in [4.78, 5) is 25.6. The summed E-state index contributed by atoms with van der Waals surface area (Å²) in [6.45, 7) is 1.83. The van der Waals surface area contributed by atoms with Crippen molar-refractivity contribution in [3.05, 3.63) is 84.2 Å². The van der Waals surface area contributed by atoms with E-state index in [0.29, 0.717) is 11.3 Å². The van der Waals surface area contributed by atoms with Crippen LogP contribution < -0.4 is 10.1 Å². The van der Waals surface area contributed by atoms with E-state index in [1.54, 1.807) is 36.4 Å². The van der Waals surface area contributed by atoms with E-state index in [1.807, 2.05) is 6.92 Å². The summed E-state index contributed by atoms with van der Waals surface area (Å²) < 4.78 is 65.0. The van der Waals surface area contributed by atoms with Crippen LogP contribution in [0.15, 0.2) is 71.9 Å². The molecule has 242 valence electrons. The molecular formula is C34H31F2N5O5S. The quantitative estimate of drug-likeness (QED) is 0.197. The summed E-state index contributed by atoms with van der Waals surface area (Å²) in [6.07, 6.45) is 5.38. The van der Waals surface area contributed by atoms with E-state index in [2.05, 4.69) is 20.3 Å². The molecule has 2 N–H and O–H groups in total. The molecule has 0 spiro atoms. The zero-order valence-electron chi connectivity index (χ0n) is 25.5. The highest BCUT2D eigenvalue weighted by atomic mass is 32.2. The van der Waals surface area contributed by atoms with E-state index in [4.69, 9.17) is 4.74 Å². The Bertz CT molecular complexity index is 2110. The Morgan fingerprint density at radius 1 is 1.00 bits per heavy atom. The third kappa shape index (κ3) is 5.37. The number of nitrogens with one attached hydrogen (secondary N) is 1. The van der Waals surface area contributed by atoms with Crippen molar-refractivity contribution in [1.29, 1.82) is 0 Å². The minimum absolute atomic E-state index is 0.00298. The van der Waals surface area contributed by atoms with Crippen LogP contribution in [0.4, 0.5) is 14.6 Å². The molecule has 5 aromatic rings. The highest BCUT2D eigenvalue weighted by Gasteiger charge is 2.47. The van der Waals surface area contributed by atoms with Crippen LogP contribution in [0.25, 0.3) is 33.7 Å². The minimum atomic E-state index is -4.21. The zero-order chi connectivity index (χ0) is 33.0. The number of aryl methyl sites for hydroxylation is 1. The molecule has 0 aliphatic heterocycles. The van der Waals surface area contributed by atoms with Crippen molar-refractivity contribution in [3.8, 4) is 28.4 Å². The molecule has 8 rings (SSSR count). The smallest absolute Gasteiger partial charge is 0.308 e. The number of fused-ring (bicyclic) bond motifs is 4. The van der Waals surface area contributed by atoms with Gasteiger partial charge in [-0.15, -0.1) is 0 Å². The van der Waals surface area contributed by atoms with Gasteiger partial charge in [-0.2, -0.15) is 0 Å². The van der Waals surface area contributed by atoms with Crippen LogP contribution in [-0.2, 0) is 14.8 Å². The molecule has 2 unspecified atom stereocenters. The molecule has 0 amide bonds. The predicted octanol–water partition coefficient (Wildman–Crippen LogP) is 6.29. The van der Waals surface area contributed by atoms with Gasteiger partial charge in [-0.25, -0.2) is 36.1 Å². The molecule has 3 saturated carbocycles. The maximum atomic E-state index is 16.4. The number of aromatic nitrogens is 4. The van der Waals surface area contributed by atoms with Gasteiger partial charge in [0.2, 0.25) is 0 Å². The number of carboxylic acids is 1. The summed E-state index contributed by atoms with van der Waals surface area (Å²) in [5, 5.41) is 13.4. The number of aliphatic carboxylic acids is 1. The topological polar surface area (TPSA) is 136 Å². The number of hydrogen-bond donors (Lipinski definition) is 2. The standard InChI is InChI=1S/C34H31F2N5O5S/c1-18-3-13-24(14-4-18)47(44,45)41-17-26(25-15-22(35)16-37-33(25)41)31-39-30(21-9-11-23(46-2)12-10-21)28(36)32(40-31)38-29-20-7-5-19(6-8-20)27(29)34(42)43/h3-4,9-17,19-20,27,29H,5-8H2,1-2H3,(H,42,43)(H,38,39,40). The SMILES string of the molecule is COc1ccc(-c2nc(-c3cn(S(=O)(=O)c4ccc(C)cc4)c4ncc(F)cc34)nc(NC3C4CCC(CC4)C3C(=O)O)c2F)cc1. The second kappa shape index (κ2) is 11.7. The first-order chi connectivity index (χ1) is 22.5. The number of benzene rings is 2. The fourth-order valence-corrected chi connectivity index (χ4v) is 8.34. The van der Waals surface area contributed by atoms with Gasteiger partial charge in [0, 0.05) is 28.8 Å². The third-order valence-electron chi connectivity index (χ3n) is 9.42. The molecule has 3 aliphatic rings. The molecule has 0 radical (unpaired) electrons. The van der Waals surface area contributed by atoms with Crippen LogP contribution in [0.3, 0.4) is 0 Å². The van der Waals surface area contributed by atoms with Crippen molar-refractivity contribution in [2.24, 2.45) is 17.8 Å². The lowest BCUT2D eigenvalue weighted by molar-refractivity contribution is -0.148. The van der Waals surface area contributed by atoms with E-state index in [1.165, 1.54) is 25.4 Å². The number of nitrogens with zero attached hydrogens (tertiary/aromatic N) is 4. The average Bonchev–Trinajstić information content (AvgIpc) is 3.46. The monoisotopic (exact) mass is 659 g/mol. The Labute approximate surface area is 269 Å². The molecule has 47 heavy (non-hydrogen) atoms. The highest BCUT2D eigenvalue weighted by Crippen LogP contribution is 2.47. The number of rotatable bonds is 8. The normalized spacial score (nSPS) is 20.8. The summed E-state index contributed by atoms with van der Waals surface area (Å²) in [5.74, 6) is -3.03. The maximum absolute atomic E-state index is 16.4.